The summed E-state index contributed by atoms with van der Waals surface area (Å²) in [6, 6.07) is 22.8. The van der Waals surface area contributed by atoms with Gasteiger partial charge in [-0.3, -0.25) is 52.7 Å². The van der Waals surface area contributed by atoms with Gasteiger partial charge in [-0.2, -0.15) is 0 Å². The van der Waals surface area contributed by atoms with E-state index in [1.807, 2.05) is 110 Å². The third kappa shape index (κ3) is 28.6. The molecule has 7 N–H and O–H groups in total. The Hall–Kier alpha value is -9.92. The van der Waals surface area contributed by atoms with Crippen LogP contribution >= 0.6 is 7.26 Å². The maximum atomic E-state index is 15.9. The summed E-state index contributed by atoms with van der Waals surface area (Å²) < 4.78 is 5.87. The molecule has 686 valence electrons. The number of hydrogen-bond acceptors (Lipinski definition) is 15. The maximum Gasteiger partial charge on any atom is 0.246 e. The van der Waals surface area contributed by atoms with Gasteiger partial charge in [-0.05, 0) is 118 Å². The van der Waals surface area contributed by atoms with Crippen molar-refractivity contribution in [1.82, 2.24) is 66.2 Å². The van der Waals surface area contributed by atoms with Crippen molar-refractivity contribution < 1.29 is 72.2 Å². The number of carbonyl (C=O) groups excluding carboxylic acids is 13. The minimum Gasteiger partial charge on any atom is -0.343 e. The topological polar surface area (TPSA) is 346 Å². The molecular formula is C95H146N13O15P. The number of ether oxygens (including phenoxy) is 1. The molecule has 4 aromatic carbocycles. The van der Waals surface area contributed by atoms with Gasteiger partial charge in [0, 0.05) is 55.8 Å². The van der Waals surface area contributed by atoms with Gasteiger partial charge >= 0.3 is 195 Å². The van der Waals surface area contributed by atoms with Crippen LogP contribution in [-0.2, 0) is 68.7 Å². The Morgan fingerprint density at radius 2 is 0.863 bits per heavy atom. The summed E-state index contributed by atoms with van der Waals surface area (Å²) in [7, 11) is 7.23. The molecule has 1 unspecified atom stereocenters. The Labute approximate surface area is 738 Å². The van der Waals surface area contributed by atoms with Gasteiger partial charge in [0.15, 0.2) is 0 Å². The van der Waals surface area contributed by atoms with Crippen LogP contribution < -0.4 is 47.8 Å². The van der Waals surface area contributed by atoms with Crippen LogP contribution in [0.25, 0.3) is 0 Å². The van der Waals surface area contributed by atoms with E-state index in [9.17, 15) is 29.1 Å². The van der Waals surface area contributed by atoms with Crippen LogP contribution in [0.5, 0.6) is 0 Å². The van der Waals surface area contributed by atoms with Crippen LogP contribution in [0.2, 0.25) is 0 Å². The van der Waals surface area contributed by atoms with Crippen molar-refractivity contribution in [3.05, 3.63) is 139 Å². The summed E-state index contributed by atoms with van der Waals surface area (Å²) in [6.45, 7) is 30.4. The summed E-state index contributed by atoms with van der Waals surface area (Å²) in [5.41, 5.74) is 0.714. The molecule has 29 heteroatoms. The van der Waals surface area contributed by atoms with Crippen LogP contribution in [0, 0.1) is 41.4 Å². The molecule has 0 saturated carbocycles. The number of nitrogens with one attached hydrogen (secondary N) is 6. The third-order valence-corrected chi connectivity index (χ3v) is 28.6. The number of hydrogen-bond donors (Lipinski definition) is 7. The molecule has 0 bridgehead atoms. The number of nitrogens with zero attached hydrogens (tertiary/aromatic N) is 7. The first-order chi connectivity index (χ1) is 58.4. The average Bonchev–Trinajstić information content (AvgIpc) is 0.760. The van der Waals surface area contributed by atoms with E-state index in [1.165, 1.54) is 108 Å². The van der Waals surface area contributed by atoms with Crippen molar-refractivity contribution in [3.63, 3.8) is 0 Å². The third-order valence-electron chi connectivity index (χ3n) is 23.7. The van der Waals surface area contributed by atoms with Gasteiger partial charge in [-0.25, -0.2) is 0 Å². The van der Waals surface area contributed by atoms with Crippen molar-refractivity contribution in [2.24, 2.45) is 41.4 Å². The molecule has 1 saturated heterocycles. The van der Waals surface area contributed by atoms with Crippen molar-refractivity contribution in [2.75, 3.05) is 81.8 Å². The molecule has 1 fully saturated rings. The Balaban J connectivity index is 1.55. The molecular weight excluding hydrogens is 1590 g/mol. The molecule has 0 radical (unpaired) electrons. The number of carbonyl (C=O) groups is 13. The monoisotopic (exact) mass is 1740 g/mol. The molecule has 0 aromatic heterocycles. The van der Waals surface area contributed by atoms with E-state index in [0.29, 0.717) is 11.7 Å². The zero-order chi connectivity index (χ0) is 92.9. The fourth-order valence-electron chi connectivity index (χ4n) is 16.2. The van der Waals surface area contributed by atoms with Crippen molar-refractivity contribution in [2.45, 2.75) is 242 Å². The molecule has 13 atom stereocenters. The molecule has 124 heavy (non-hydrogen) atoms. The van der Waals surface area contributed by atoms with Gasteiger partial charge in [-0.1, -0.05) is 121 Å². The fourth-order valence-corrected chi connectivity index (χ4v) is 21.0. The first-order valence-corrected chi connectivity index (χ1v) is 46.4. The zero-order valence-electron chi connectivity index (χ0n) is 78.1. The quantitative estimate of drug-likeness (QED) is 0.0159. The van der Waals surface area contributed by atoms with E-state index in [4.69, 9.17) is 4.74 Å². The standard InChI is InChI=1S/C95H146N13O15P/c1-25-27-37-65(15)83(110)82-88(115)100-73(26-2)90(117)105(21)78(58-68-44-46-69(47-45-68)85(112)97-50-52-123-51-49-96-79(109)48-53-124(70-38-31-28-32-39-70,71-40-33-29-34-41-71)72-42-35-30-36-43-72)92(119)102(18)75(55-60(5)6)87(114)101-80(63(11)12)94(121)103(19)74(54-59(3)4)86(113)98-66(16)84(111)99-67(17)89(116)104(20)76(56-61(7)8)91(118)106(22)77(57-62(9)10)93(120)107(23)81(64(13)14)95(122)108(82)24/h25,27-36,38-47,59-67,73-78,80-83,110,124H,26,37,48-58H2,1-24H3,(H,96,109)(H,97,112)(H,98,113)(H,99,111)(H,100,115)(H,101,114)/b27-25+/t65-,66+,67-,73+,74+,75+,76+,77+,78?,80+,81+,82+,83-/m1/s1. The van der Waals surface area contributed by atoms with Gasteiger partial charge in [0.1, 0.15) is 66.5 Å². The summed E-state index contributed by atoms with van der Waals surface area (Å²) in [6.07, 6.45) is 3.23. The second kappa shape index (κ2) is 49.7. The summed E-state index contributed by atoms with van der Waals surface area (Å²) in [5.74, 6) is -11.4. The van der Waals surface area contributed by atoms with Gasteiger partial charge in [-0.15, -0.1) is 0 Å². The SMILES string of the molecule is C/C=C/C[C@@H](C)[C@@H](O)[C@H]1C(=O)N[C@@H](CC)C(=O)N(C)C(Cc2ccc(C(=O)NCCOCCNC(=O)CC[PH](c3ccccc3)(c3ccccc3)c3ccccc3)cc2)C(=O)N(C)[C@@H](CC(C)C)C(=O)N[C@@H](C(C)C)C(=O)N(C)[C@@H](CC(C)C)C(=O)N[C@@H](C)C(=O)N[C@H](C)C(=O)N(C)[C@@H](CC(C)C)C(=O)N(C)[C@@H](CC(C)C)C(=O)N(C)[C@@H](C(C)C)C(=O)N1C. The summed E-state index contributed by atoms with van der Waals surface area (Å²) in [4.78, 5) is 203. The number of benzene rings is 4. The number of aliphatic hydroxyl groups is 1. The summed E-state index contributed by atoms with van der Waals surface area (Å²) >= 11 is 0. The van der Waals surface area contributed by atoms with Crippen LogP contribution in [-0.4, -0.2) is 271 Å². The van der Waals surface area contributed by atoms with E-state index in [0.717, 1.165) is 4.90 Å². The predicted molar refractivity (Wildman–Crippen MR) is 490 cm³/mol. The summed E-state index contributed by atoms with van der Waals surface area (Å²) in [5, 5.41) is 33.2. The number of likely N-dealkylation sites (N-methyl/N-ethyl adjacent to an activating group) is 7. The largest absolute Gasteiger partial charge is 0.343 e. The first-order valence-electron chi connectivity index (χ1n) is 44.2. The van der Waals surface area contributed by atoms with Gasteiger partial charge in [0.05, 0.1) is 6.10 Å². The van der Waals surface area contributed by atoms with E-state index < -0.39 is 168 Å². The normalized spacial score (nSPS) is 22.8. The minimum atomic E-state index is -2.65. The second-order valence-corrected chi connectivity index (χ2v) is 40.0. The van der Waals surface area contributed by atoms with Crippen LogP contribution in [0.15, 0.2) is 127 Å². The molecule has 13 amide bonds. The molecule has 1 heterocycles. The molecule has 0 spiro atoms. The zero-order valence-corrected chi connectivity index (χ0v) is 79.1. The second-order valence-electron chi connectivity index (χ2n) is 35.9. The van der Waals surface area contributed by atoms with Gasteiger partial charge in [0.25, 0.3) is 0 Å². The molecule has 1 aliphatic heterocycles. The Morgan fingerprint density at radius 3 is 1.32 bits per heavy atom. The predicted octanol–water partition coefficient (Wildman–Crippen LogP) is 6.86. The Morgan fingerprint density at radius 1 is 0.452 bits per heavy atom. The van der Waals surface area contributed by atoms with E-state index in [2.05, 4.69) is 68.3 Å². The number of rotatable bonds is 30. The Kier molecular flexibility index (Phi) is 41.9. The number of aliphatic hydroxyl groups excluding tert-OH is 1. The van der Waals surface area contributed by atoms with E-state index in [1.54, 1.807) is 84.9 Å². The molecule has 5 rings (SSSR count). The molecule has 0 aliphatic carbocycles. The van der Waals surface area contributed by atoms with Gasteiger partial charge < -0.3 is 60.7 Å². The average molecular weight is 1740 g/mol. The number of allylic oxidation sites excluding steroid dienone is 2. The number of amides is 13. The van der Waals surface area contributed by atoms with Crippen molar-refractivity contribution >= 4 is 100.0 Å². The van der Waals surface area contributed by atoms with Crippen LogP contribution in [0.1, 0.15) is 179 Å². The van der Waals surface area contributed by atoms with E-state index >= 15 is 38.4 Å². The van der Waals surface area contributed by atoms with Crippen molar-refractivity contribution in [1.29, 1.82) is 0 Å². The smallest absolute Gasteiger partial charge is 0.246 e. The molecule has 28 nitrogen and oxygen atoms in total. The molecule has 4 aromatic rings. The van der Waals surface area contributed by atoms with E-state index in [-0.39, 0.29) is 113 Å². The van der Waals surface area contributed by atoms with Crippen LogP contribution in [0.4, 0.5) is 0 Å². The first kappa shape index (κ1) is 105. The van der Waals surface area contributed by atoms with Crippen LogP contribution in [0.3, 0.4) is 0 Å². The fraction of sp³-hybridized carbons (Fsp3) is 0.589. The minimum absolute atomic E-state index is 0.0455. The Bertz CT molecular complexity index is 4110. The van der Waals surface area contributed by atoms with Crippen molar-refractivity contribution in [3.8, 4) is 0 Å². The maximum absolute atomic E-state index is 15.9. The van der Waals surface area contributed by atoms with Gasteiger partial charge in [0.2, 0.25) is 65.0 Å². The molecule has 1 aliphatic rings.